The Labute approximate surface area is 179 Å². The zero-order valence-electron chi connectivity index (χ0n) is 16.4. The van der Waals surface area contributed by atoms with Crippen molar-refractivity contribution < 1.29 is 13.0 Å². The third kappa shape index (κ3) is 6.93. The van der Waals surface area contributed by atoms with Gasteiger partial charge < -0.3 is 0 Å². The van der Waals surface area contributed by atoms with E-state index in [2.05, 4.69) is 91.0 Å². The van der Waals surface area contributed by atoms with E-state index in [1.807, 2.05) is 0 Å². The summed E-state index contributed by atoms with van der Waals surface area (Å²) in [5.41, 5.74) is 0.593. The monoisotopic (exact) mass is 434 g/mol. The molecule has 0 saturated carbocycles. The third-order valence-electron chi connectivity index (χ3n) is 4.24. The van der Waals surface area contributed by atoms with Crippen molar-refractivity contribution in [2.24, 2.45) is 0 Å². The van der Waals surface area contributed by atoms with Crippen LogP contribution in [0.2, 0.25) is 0 Å². The Hall–Kier alpha value is -2.78. The summed E-state index contributed by atoms with van der Waals surface area (Å²) in [4.78, 5) is 0. The molecule has 0 unspecified atom stereocenters. The fourth-order valence-corrected chi connectivity index (χ4v) is 5.88. The predicted molar refractivity (Wildman–Crippen MR) is 127 cm³/mol. The van der Waals surface area contributed by atoms with Crippen molar-refractivity contribution >= 4 is 34.0 Å². The van der Waals surface area contributed by atoms with Gasteiger partial charge in [-0.2, -0.15) is 8.42 Å². The smallest absolute Gasteiger partial charge is 0.269 e. The van der Waals surface area contributed by atoms with Crippen molar-refractivity contribution in [2.75, 3.05) is 0 Å². The fourth-order valence-electron chi connectivity index (χ4n) is 2.96. The standard InChI is InChI=1S/C18H15P.C7H8O3S/c1-4-10-16(11-5-1)19(17-12-6-2-7-13-17)18-14-8-3-9-15-18;8-11(9,10)6-7-4-2-1-3-5-7/h1-15H;1-5H,6H2,(H,8,9,10). The van der Waals surface area contributed by atoms with Gasteiger partial charge in [0.1, 0.15) is 5.75 Å². The van der Waals surface area contributed by atoms with Gasteiger partial charge in [-0.1, -0.05) is 121 Å². The third-order valence-corrected chi connectivity index (χ3v) is 7.38. The van der Waals surface area contributed by atoms with Gasteiger partial charge in [0.25, 0.3) is 10.1 Å². The first-order chi connectivity index (χ1) is 14.5. The molecule has 0 amide bonds. The molecule has 4 aromatic carbocycles. The molecule has 0 heterocycles. The highest BCUT2D eigenvalue weighted by Gasteiger charge is 2.15. The molecule has 152 valence electrons. The molecule has 1 N–H and O–H groups in total. The normalized spacial score (nSPS) is 10.9. The summed E-state index contributed by atoms with van der Waals surface area (Å²) < 4.78 is 29.2. The summed E-state index contributed by atoms with van der Waals surface area (Å²) in [6, 6.07) is 40.8. The van der Waals surface area contributed by atoms with Gasteiger partial charge in [-0.05, 0) is 29.4 Å². The number of hydrogen-bond acceptors (Lipinski definition) is 2. The molecule has 0 atom stereocenters. The first-order valence-electron chi connectivity index (χ1n) is 9.47. The van der Waals surface area contributed by atoms with E-state index in [0.29, 0.717) is 5.56 Å². The Balaban J connectivity index is 0.000000199. The molecule has 30 heavy (non-hydrogen) atoms. The maximum atomic E-state index is 10.4. The largest absolute Gasteiger partial charge is 0.285 e. The SMILES string of the molecule is O=S(=O)(O)Cc1ccccc1.c1ccc(P(c2ccccc2)c2ccccc2)cc1. The van der Waals surface area contributed by atoms with Crippen LogP contribution in [0.4, 0.5) is 0 Å². The van der Waals surface area contributed by atoms with Crippen molar-refractivity contribution in [1.82, 2.24) is 0 Å². The van der Waals surface area contributed by atoms with Crippen molar-refractivity contribution in [3.63, 3.8) is 0 Å². The molecule has 5 heteroatoms. The van der Waals surface area contributed by atoms with Crippen LogP contribution in [0.15, 0.2) is 121 Å². The summed E-state index contributed by atoms with van der Waals surface area (Å²) in [5.74, 6) is -0.312. The molecule has 0 aliphatic heterocycles. The second-order valence-corrected chi connectivity index (χ2v) is 10.2. The highest BCUT2D eigenvalue weighted by Crippen LogP contribution is 2.32. The van der Waals surface area contributed by atoms with Gasteiger partial charge in [0.05, 0.1) is 0 Å². The quantitative estimate of drug-likeness (QED) is 0.371. The van der Waals surface area contributed by atoms with Gasteiger partial charge in [0, 0.05) is 0 Å². The first-order valence-corrected chi connectivity index (χ1v) is 12.4. The molecule has 0 radical (unpaired) electrons. The lowest BCUT2D eigenvalue weighted by Crippen LogP contribution is -2.20. The second kappa shape index (κ2) is 10.8. The Morgan fingerprint density at radius 3 is 1.13 bits per heavy atom. The van der Waals surface area contributed by atoms with Crippen LogP contribution in [0.3, 0.4) is 0 Å². The van der Waals surface area contributed by atoms with Crippen molar-refractivity contribution in [1.29, 1.82) is 0 Å². The van der Waals surface area contributed by atoms with Crippen LogP contribution < -0.4 is 15.9 Å². The molecular formula is C25H23O3PS. The zero-order valence-corrected chi connectivity index (χ0v) is 18.1. The predicted octanol–water partition coefficient (Wildman–Crippen LogP) is 4.52. The molecule has 0 spiro atoms. The molecule has 0 aliphatic carbocycles. The van der Waals surface area contributed by atoms with Crippen molar-refractivity contribution in [3.05, 3.63) is 127 Å². The zero-order chi connectivity index (χ0) is 21.2. The molecule has 4 rings (SSSR count). The summed E-state index contributed by atoms with van der Waals surface area (Å²) in [7, 11) is -4.32. The van der Waals surface area contributed by atoms with Crippen LogP contribution in [0.5, 0.6) is 0 Å². The van der Waals surface area contributed by atoms with Gasteiger partial charge in [0.15, 0.2) is 0 Å². The van der Waals surface area contributed by atoms with Crippen LogP contribution in [0.25, 0.3) is 0 Å². The highest BCUT2D eigenvalue weighted by molar-refractivity contribution is 7.85. The first kappa shape index (κ1) is 21.9. The maximum absolute atomic E-state index is 10.4. The Kier molecular flexibility index (Phi) is 7.92. The molecule has 0 aromatic heterocycles. The maximum Gasteiger partial charge on any atom is 0.269 e. The summed E-state index contributed by atoms with van der Waals surface area (Å²) in [5, 5.41) is 4.19. The Morgan fingerprint density at radius 2 is 0.833 bits per heavy atom. The van der Waals surface area contributed by atoms with E-state index in [0.717, 1.165) is 0 Å². The van der Waals surface area contributed by atoms with Crippen LogP contribution in [0, 0.1) is 0 Å². The van der Waals surface area contributed by atoms with Gasteiger partial charge in [-0.3, -0.25) is 4.55 Å². The van der Waals surface area contributed by atoms with E-state index in [-0.39, 0.29) is 5.75 Å². The van der Waals surface area contributed by atoms with Crippen LogP contribution in [-0.2, 0) is 15.9 Å². The minimum Gasteiger partial charge on any atom is -0.285 e. The van der Waals surface area contributed by atoms with E-state index in [1.54, 1.807) is 30.3 Å². The van der Waals surface area contributed by atoms with Crippen LogP contribution in [0.1, 0.15) is 5.56 Å². The molecule has 3 nitrogen and oxygen atoms in total. The minimum absolute atomic E-state index is 0.312. The van der Waals surface area contributed by atoms with E-state index >= 15 is 0 Å². The van der Waals surface area contributed by atoms with E-state index in [9.17, 15) is 8.42 Å². The van der Waals surface area contributed by atoms with E-state index in [4.69, 9.17) is 4.55 Å². The Morgan fingerprint density at radius 1 is 0.533 bits per heavy atom. The highest BCUT2D eigenvalue weighted by atomic mass is 32.2. The molecular weight excluding hydrogens is 411 g/mol. The van der Waals surface area contributed by atoms with Crippen molar-refractivity contribution in [3.8, 4) is 0 Å². The minimum atomic E-state index is -3.88. The van der Waals surface area contributed by atoms with Gasteiger partial charge in [-0.25, -0.2) is 0 Å². The summed E-state index contributed by atoms with van der Waals surface area (Å²) in [6.07, 6.45) is 0. The molecule has 0 saturated heterocycles. The Bertz CT molecular complexity index is 1020. The molecule has 4 aromatic rings. The molecule has 0 aliphatic rings. The molecule has 0 bridgehead atoms. The number of rotatable bonds is 5. The lowest BCUT2D eigenvalue weighted by Gasteiger charge is -2.18. The van der Waals surface area contributed by atoms with Gasteiger partial charge >= 0.3 is 0 Å². The number of hydrogen-bond donors (Lipinski definition) is 1. The van der Waals surface area contributed by atoms with Crippen LogP contribution in [-0.4, -0.2) is 13.0 Å². The van der Waals surface area contributed by atoms with Crippen LogP contribution >= 0.6 is 7.92 Å². The lowest BCUT2D eigenvalue weighted by molar-refractivity contribution is 0.482. The van der Waals surface area contributed by atoms with E-state index in [1.165, 1.54) is 15.9 Å². The average Bonchev–Trinajstić information content (AvgIpc) is 2.76. The van der Waals surface area contributed by atoms with Gasteiger partial charge in [-0.15, -0.1) is 0 Å². The topological polar surface area (TPSA) is 54.4 Å². The number of benzene rings is 4. The van der Waals surface area contributed by atoms with Gasteiger partial charge in [0.2, 0.25) is 0 Å². The average molecular weight is 434 g/mol. The molecule has 0 fully saturated rings. The van der Waals surface area contributed by atoms with E-state index < -0.39 is 18.0 Å². The van der Waals surface area contributed by atoms with Crippen molar-refractivity contribution in [2.45, 2.75) is 5.75 Å². The lowest BCUT2D eigenvalue weighted by atomic mass is 10.2. The summed E-state index contributed by atoms with van der Waals surface area (Å²) in [6.45, 7) is 0. The summed E-state index contributed by atoms with van der Waals surface area (Å²) >= 11 is 0. The second-order valence-electron chi connectivity index (χ2n) is 6.55. The fraction of sp³-hybridized carbons (Fsp3) is 0.0400.